The Labute approximate surface area is 443 Å². The van der Waals surface area contributed by atoms with E-state index >= 15 is 0 Å². The zero-order valence-corrected chi connectivity index (χ0v) is 48.0. The molecule has 6 nitrogen and oxygen atoms in total. The number of carbonyl (C=O) groups is 2. The molecule has 0 aromatic rings. The second kappa shape index (κ2) is 60.9. The fourth-order valence-corrected chi connectivity index (χ4v) is 10.1. The van der Waals surface area contributed by atoms with Gasteiger partial charge in [0.25, 0.3) is 0 Å². The van der Waals surface area contributed by atoms with Crippen molar-refractivity contribution in [3.05, 3.63) is 24.3 Å². The summed E-state index contributed by atoms with van der Waals surface area (Å²) in [7, 11) is 0. The smallest absolute Gasteiger partial charge is 0.305 e. The van der Waals surface area contributed by atoms with E-state index in [1.165, 1.54) is 270 Å². The van der Waals surface area contributed by atoms with Crippen LogP contribution in [0, 0.1) is 0 Å². The standard InChI is InChI=1S/C65H125NO5/c1-3-5-7-9-11-13-15-17-19-20-23-27-31-35-39-43-47-51-55-59-65(70)71-60-56-52-48-44-40-36-32-28-25-22-21-24-26-30-34-38-42-46-50-54-58-64(69)66-62(61-67)63(68)57-53-49-45-41-37-33-29-18-16-14-12-10-8-6-4-2/h11,13,17,19,62-63,67-68H,3-10,12,14-16,18,20-61H2,1-2H3,(H,66,69)/b13-11-,19-17-. The lowest BCUT2D eigenvalue weighted by atomic mass is 10.0. The molecule has 0 heterocycles. The summed E-state index contributed by atoms with van der Waals surface area (Å²) < 4.78 is 5.50. The number of unbranched alkanes of at least 4 members (excludes halogenated alkanes) is 45. The summed E-state index contributed by atoms with van der Waals surface area (Å²) >= 11 is 0. The van der Waals surface area contributed by atoms with Crippen molar-refractivity contribution in [1.29, 1.82) is 0 Å². The lowest BCUT2D eigenvalue weighted by Crippen LogP contribution is -2.45. The minimum absolute atomic E-state index is 0.00748. The number of hydrogen-bond donors (Lipinski definition) is 3. The van der Waals surface area contributed by atoms with Gasteiger partial charge in [0, 0.05) is 12.8 Å². The number of allylic oxidation sites excluding steroid dienone is 4. The van der Waals surface area contributed by atoms with Crippen LogP contribution in [0.25, 0.3) is 0 Å². The Morgan fingerprint density at radius 2 is 0.704 bits per heavy atom. The van der Waals surface area contributed by atoms with Crippen molar-refractivity contribution in [2.24, 2.45) is 0 Å². The van der Waals surface area contributed by atoms with Crippen LogP contribution in [0.2, 0.25) is 0 Å². The first kappa shape index (κ1) is 69.3. The molecule has 0 aromatic carbocycles. The third kappa shape index (κ3) is 57.5. The molecule has 0 aliphatic heterocycles. The summed E-state index contributed by atoms with van der Waals surface area (Å²) in [5.74, 6) is -0.0272. The zero-order chi connectivity index (χ0) is 51.4. The van der Waals surface area contributed by atoms with Crippen LogP contribution in [0.3, 0.4) is 0 Å². The minimum atomic E-state index is -0.665. The Morgan fingerprint density at radius 1 is 0.394 bits per heavy atom. The molecule has 2 atom stereocenters. The van der Waals surface area contributed by atoms with Gasteiger partial charge in [-0.05, 0) is 57.8 Å². The van der Waals surface area contributed by atoms with Gasteiger partial charge in [0.05, 0.1) is 25.4 Å². The summed E-state index contributed by atoms with van der Waals surface area (Å²) in [5, 5.41) is 23.3. The predicted molar refractivity (Wildman–Crippen MR) is 310 cm³/mol. The average Bonchev–Trinajstić information content (AvgIpc) is 3.37. The van der Waals surface area contributed by atoms with E-state index in [2.05, 4.69) is 43.5 Å². The van der Waals surface area contributed by atoms with E-state index in [4.69, 9.17) is 4.74 Å². The molecular weight excluding hydrogens is 875 g/mol. The average molecular weight is 1000 g/mol. The second-order valence-electron chi connectivity index (χ2n) is 22.1. The number of hydrogen-bond acceptors (Lipinski definition) is 5. The molecule has 71 heavy (non-hydrogen) atoms. The van der Waals surface area contributed by atoms with Gasteiger partial charge in [-0.2, -0.15) is 0 Å². The summed E-state index contributed by atoms with van der Waals surface area (Å²) in [6.07, 6.45) is 74.7. The number of aliphatic hydroxyl groups excluding tert-OH is 2. The number of ether oxygens (including phenoxy) is 1. The molecule has 0 aromatic heterocycles. The summed E-state index contributed by atoms with van der Waals surface area (Å²) in [6.45, 7) is 4.95. The molecule has 0 bridgehead atoms. The largest absolute Gasteiger partial charge is 0.466 e. The SMILES string of the molecule is CCCCC/C=C\C/C=C\CCCCCCCCCCCC(=O)OCCCCCCCCCCCCCCCCCCCCCCC(=O)NC(CO)C(O)CCCCCCCCCCCCCCCCC. The lowest BCUT2D eigenvalue weighted by molar-refractivity contribution is -0.143. The number of esters is 1. The fourth-order valence-electron chi connectivity index (χ4n) is 10.1. The maximum absolute atomic E-state index is 12.5. The molecule has 3 N–H and O–H groups in total. The zero-order valence-electron chi connectivity index (χ0n) is 48.0. The monoisotopic (exact) mass is 1000 g/mol. The van der Waals surface area contributed by atoms with Gasteiger partial charge in [0.2, 0.25) is 5.91 Å². The molecule has 420 valence electrons. The number of carbonyl (C=O) groups excluding carboxylic acids is 2. The number of amides is 1. The molecule has 0 aliphatic carbocycles. The van der Waals surface area contributed by atoms with Gasteiger partial charge in [-0.1, -0.05) is 308 Å². The van der Waals surface area contributed by atoms with Crippen molar-refractivity contribution in [2.75, 3.05) is 13.2 Å². The van der Waals surface area contributed by atoms with Crippen molar-refractivity contribution in [2.45, 2.75) is 366 Å². The number of rotatable bonds is 60. The normalized spacial score (nSPS) is 12.7. The highest BCUT2D eigenvalue weighted by Crippen LogP contribution is 2.18. The van der Waals surface area contributed by atoms with Crippen LogP contribution >= 0.6 is 0 Å². The highest BCUT2D eigenvalue weighted by Gasteiger charge is 2.20. The molecule has 0 aliphatic rings. The maximum atomic E-state index is 12.5. The van der Waals surface area contributed by atoms with Gasteiger partial charge >= 0.3 is 5.97 Å². The molecular formula is C65H125NO5. The lowest BCUT2D eigenvalue weighted by Gasteiger charge is -2.22. The maximum Gasteiger partial charge on any atom is 0.305 e. The van der Waals surface area contributed by atoms with Gasteiger partial charge in [-0.25, -0.2) is 0 Å². The summed E-state index contributed by atoms with van der Waals surface area (Å²) in [4.78, 5) is 24.6. The molecule has 6 heteroatoms. The third-order valence-corrected chi connectivity index (χ3v) is 15.0. The first-order chi connectivity index (χ1) is 35.0. The van der Waals surface area contributed by atoms with Gasteiger partial charge in [0.15, 0.2) is 0 Å². The molecule has 0 saturated carbocycles. The Balaban J connectivity index is 3.37. The molecule has 1 amide bonds. The quantitative estimate of drug-likeness (QED) is 0.0320. The van der Waals surface area contributed by atoms with E-state index < -0.39 is 12.1 Å². The van der Waals surface area contributed by atoms with E-state index in [0.29, 0.717) is 25.9 Å². The van der Waals surface area contributed by atoms with E-state index in [9.17, 15) is 19.8 Å². The summed E-state index contributed by atoms with van der Waals surface area (Å²) in [6, 6.07) is -0.543. The van der Waals surface area contributed by atoms with Gasteiger partial charge in [0.1, 0.15) is 0 Å². The van der Waals surface area contributed by atoms with Gasteiger partial charge in [-0.15, -0.1) is 0 Å². The predicted octanol–water partition coefficient (Wildman–Crippen LogP) is 20.2. The first-order valence-electron chi connectivity index (χ1n) is 32.1. The number of nitrogens with one attached hydrogen (secondary N) is 1. The van der Waals surface area contributed by atoms with Crippen LogP contribution in [0.5, 0.6) is 0 Å². The van der Waals surface area contributed by atoms with E-state index in [0.717, 1.165) is 51.4 Å². The Hall–Kier alpha value is -1.66. The van der Waals surface area contributed by atoms with E-state index in [1.54, 1.807) is 0 Å². The van der Waals surface area contributed by atoms with Crippen molar-refractivity contribution in [1.82, 2.24) is 5.32 Å². The second-order valence-corrected chi connectivity index (χ2v) is 22.1. The van der Waals surface area contributed by atoms with Gasteiger partial charge < -0.3 is 20.3 Å². The number of aliphatic hydroxyl groups is 2. The van der Waals surface area contributed by atoms with Gasteiger partial charge in [-0.3, -0.25) is 9.59 Å². The molecule has 0 radical (unpaired) electrons. The molecule has 0 rings (SSSR count). The third-order valence-electron chi connectivity index (χ3n) is 15.0. The van der Waals surface area contributed by atoms with Crippen LogP contribution in [-0.2, 0) is 14.3 Å². The van der Waals surface area contributed by atoms with E-state index in [1.807, 2.05) is 0 Å². The van der Waals surface area contributed by atoms with Crippen LogP contribution in [-0.4, -0.2) is 47.4 Å². The summed E-state index contributed by atoms with van der Waals surface area (Å²) in [5.41, 5.74) is 0. The molecule has 2 unspecified atom stereocenters. The molecule has 0 fully saturated rings. The van der Waals surface area contributed by atoms with Crippen LogP contribution in [0.1, 0.15) is 354 Å². The van der Waals surface area contributed by atoms with Crippen LogP contribution in [0.4, 0.5) is 0 Å². The first-order valence-corrected chi connectivity index (χ1v) is 32.1. The molecule has 0 saturated heterocycles. The van der Waals surface area contributed by atoms with Crippen LogP contribution < -0.4 is 5.32 Å². The van der Waals surface area contributed by atoms with Crippen molar-refractivity contribution >= 4 is 11.9 Å². The van der Waals surface area contributed by atoms with Crippen LogP contribution in [0.15, 0.2) is 24.3 Å². The van der Waals surface area contributed by atoms with E-state index in [-0.39, 0.29) is 18.5 Å². The fraction of sp³-hybridized carbons (Fsp3) is 0.908. The van der Waals surface area contributed by atoms with Crippen molar-refractivity contribution in [3.63, 3.8) is 0 Å². The van der Waals surface area contributed by atoms with Crippen molar-refractivity contribution < 1.29 is 24.5 Å². The minimum Gasteiger partial charge on any atom is -0.466 e. The Bertz CT molecular complexity index is 1110. The Morgan fingerprint density at radius 3 is 1.10 bits per heavy atom. The molecule has 0 spiro atoms. The Kier molecular flexibility index (Phi) is 59.5. The van der Waals surface area contributed by atoms with Crippen molar-refractivity contribution in [3.8, 4) is 0 Å². The highest BCUT2D eigenvalue weighted by molar-refractivity contribution is 5.76. The topological polar surface area (TPSA) is 95.9 Å². The highest BCUT2D eigenvalue weighted by atomic mass is 16.5.